The summed E-state index contributed by atoms with van der Waals surface area (Å²) in [6.07, 6.45) is 0. The van der Waals surface area contributed by atoms with Gasteiger partial charge >= 0.3 is 0 Å². The summed E-state index contributed by atoms with van der Waals surface area (Å²) < 4.78 is 17.0. The summed E-state index contributed by atoms with van der Waals surface area (Å²) in [6.45, 7) is 7.03. The standard InChI is InChI=1S/C20H25NO4/c1-4-23-19-14-16(20(22)21-15(2)3)10-11-18(19)25-13-12-24-17-8-6-5-7-9-17/h5-11,14-15H,4,12-13H2,1-3H3,(H,21,22). The molecule has 1 N–H and O–H groups in total. The van der Waals surface area contributed by atoms with Crippen molar-refractivity contribution in [1.29, 1.82) is 0 Å². The van der Waals surface area contributed by atoms with Crippen molar-refractivity contribution in [2.24, 2.45) is 0 Å². The molecule has 0 aliphatic carbocycles. The van der Waals surface area contributed by atoms with Gasteiger partial charge in [-0.15, -0.1) is 0 Å². The summed E-state index contributed by atoms with van der Waals surface area (Å²) in [5.41, 5.74) is 0.546. The Bertz CT molecular complexity index is 671. The first-order chi connectivity index (χ1) is 12.1. The van der Waals surface area contributed by atoms with E-state index in [9.17, 15) is 4.79 Å². The van der Waals surface area contributed by atoms with Crippen LogP contribution in [-0.4, -0.2) is 31.8 Å². The highest BCUT2D eigenvalue weighted by Crippen LogP contribution is 2.28. The smallest absolute Gasteiger partial charge is 0.251 e. The van der Waals surface area contributed by atoms with Crippen molar-refractivity contribution in [3.8, 4) is 17.2 Å². The van der Waals surface area contributed by atoms with Crippen molar-refractivity contribution >= 4 is 5.91 Å². The maximum Gasteiger partial charge on any atom is 0.251 e. The first-order valence-corrected chi connectivity index (χ1v) is 8.48. The Morgan fingerprint density at radius 1 is 0.960 bits per heavy atom. The van der Waals surface area contributed by atoms with Gasteiger partial charge < -0.3 is 19.5 Å². The number of hydrogen-bond donors (Lipinski definition) is 1. The number of hydrogen-bond acceptors (Lipinski definition) is 4. The van der Waals surface area contributed by atoms with Gasteiger partial charge in [-0.2, -0.15) is 0 Å². The molecule has 0 aromatic heterocycles. The third-order valence-electron chi connectivity index (χ3n) is 3.28. The van der Waals surface area contributed by atoms with Crippen LogP contribution in [0.25, 0.3) is 0 Å². The van der Waals surface area contributed by atoms with E-state index in [0.717, 1.165) is 5.75 Å². The zero-order chi connectivity index (χ0) is 18.1. The molecule has 134 valence electrons. The Balaban J connectivity index is 1.95. The van der Waals surface area contributed by atoms with Crippen LogP contribution in [-0.2, 0) is 0 Å². The molecule has 0 unspecified atom stereocenters. The topological polar surface area (TPSA) is 56.8 Å². The third kappa shape index (κ3) is 6.03. The second-order valence-electron chi connectivity index (χ2n) is 5.73. The lowest BCUT2D eigenvalue weighted by molar-refractivity contribution is 0.0942. The Labute approximate surface area is 148 Å². The Kier molecular flexibility index (Phi) is 7.14. The quantitative estimate of drug-likeness (QED) is 0.706. The molecule has 0 fully saturated rings. The van der Waals surface area contributed by atoms with Crippen molar-refractivity contribution in [2.45, 2.75) is 26.8 Å². The number of ether oxygens (including phenoxy) is 3. The molecule has 5 nitrogen and oxygen atoms in total. The molecule has 5 heteroatoms. The van der Waals surface area contributed by atoms with Gasteiger partial charge in [-0.3, -0.25) is 4.79 Å². The molecule has 0 spiro atoms. The van der Waals surface area contributed by atoms with Gasteiger partial charge in [0.15, 0.2) is 11.5 Å². The number of carbonyl (C=O) groups excluding carboxylic acids is 1. The summed E-state index contributed by atoms with van der Waals surface area (Å²) >= 11 is 0. The number of carbonyl (C=O) groups is 1. The summed E-state index contributed by atoms with van der Waals surface area (Å²) in [6, 6.07) is 14.8. The molecule has 0 saturated carbocycles. The Hall–Kier alpha value is -2.69. The Morgan fingerprint density at radius 2 is 1.68 bits per heavy atom. The van der Waals surface area contributed by atoms with Crippen molar-refractivity contribution in [2.75, 3.05) is 19.8 Å². The molecular formula is C20H25NO4. The van der Waals surface area contributed by atoms with Crippen LogP contribution in [0.15, 0.2) is 48.5 Å². The third-order valence-corrected chi connectivity index (χ3v) is 3.28. The molecule has 0 aliphatic rings. The van der Waals surface area contributed by atoms with Gasteiger partial charge in [-0.05, 0) is 51.1 Å². The minimum absolute atomic E-state index is 0.0779. The SMILES string of the molecule is CCOc1cc(C(=O)NC(C)C)ccc1OCCOc1ccccc1. The van der Waals surface area contributed by atoms with E-state index >= 15 is 0 Å². The first-order valence-electron chi connectivity index (χ1n) is 8.48. The fraction of sp³-hybridized carbons (Fsp3) is 0.350. The lowest BCUT2D eigenvalue weighted by atomic mass is 10.1. The van der Waals surface area contributed by atoms with E-state index < -0.39 is 0 Å². The van der Waals surface area contributed by atoms with Crippen LogP contribution in [0, 0.1) is 0 Å². The van der Waals surface area contributed by atoms with E-state index in [2.05, 4.69) is 5.32 Å². The molecule has 2 rings (SSSR count). The first kappa shape index (κ1) is 18.6. The van der Waals surface area contributed by atoms with Gasteiger partial charge in [0.2, 0.25) is 0 Å². The summed E-state index contributed by atoms with van der Waals surface area (Å²) in [5, 5.41) is 2.86. The van der Waals surface area contributed by atoms with Crippen LogP contribution < -0.4 is 19.5 Å². The van der Waals surface area contributed by atoms with E-state index in [-0.39, 0.29) is 11.9 Å². The van der Waals surface area contributed by atoms with Gasteiger partial charge in [0.05, 0.1) is 6.61 Å². The van der Waals surface area contributed by atoms with Crippen LogP contribution in [0.3, 0.4) is 0 Å². The molecule has 0 radical (unpaired) electrons. The minimum Gasteiger partial charge on any atom is -0.490 e. The van der Waals surface area contributed by atoms with Gasteiger partial charge in [0.1, 0.15) is 19.0 Å². The lowest BCUT2D eigenvalue weighted by Gasteiger charge is -2.14. The average molecular weight is 343 g/mol. The van der Waals surface area contributed by atoms with Crippen molar-refractivity contribution in [3.63, 3.8) is 0 Å². The molecule has 0 saturated heterocycles. The van der Waals surface area contributed by atoms with E-state index in [0.29, 0.717) is 36.9 Å². The van der Waals surface area contributed by atoms with E-state index in [1.807, 2.05) is 51.1 Å². The molecule has 0 heterocycles. The summed E-state index contributed by atoms with van der Waals surface area (Å²) in [5.74, 6) is 1.82. The summed E-state index contributed by atoms with van der Waals surface area (Å²) in [4.78, 5) is 12.1. The molecule has 1 amide bonds. The molecular weight excluding hydrogens is 318 g/mol. The van der Waals surface area contributed by atoms with Gasteiger partial charge in [-0.25, -0.2) is 0 Å². The second kappa shape index (κ2) is 9.57. The molecule has 0 aliphatic heterocycles. The van der Waals surface area contributed by atoms with Crippen LogP contribution in [0.4, 0.5) is 0 Å². The molecule has 25 heavy (non-hydrogen) atoms. The number of amides is 1. The van der Waals surface area contributed by atoms with Crippen molar-refractivity contribution in [3.05, 3.63) is 54.1 Å². The zero-order valence-electron chi connectivity index (χ0n) is 15.0. The van der Waals surface area contributed by atoms with Gasteiger partial charge in [0.25, 0.3) is 5.91 Å². The summed E-state index contributed by atoms with van der Waals surface area (Å²) in [7, 11) is 0. The van der Waals surface area contributed by atoms with Crippen LogP contribution in [0.5, 0.6) is 17.2 Å². The maximum absolute atomic E-state index is 12.1. The molecule has 2 aromatic carbocycles. The minimum atomic E-state index is -0.130. The van der Waals surface area contributed by atoms with Crippen LogP contribution >= 0.6 is 0 Å². The van der Waals surface area contributed by atoms with Gasteiger partial charge in [-0.1, -0.05) is 18.2 Å². The normalized spacial score (nSPS) is 10.4. The van der Waals surface area contributed by atoms with Crippen LogP contribution in [0.1, 0.15) is 31.1 Å². The number of benzene rings is 2. The number of para-hydroxylation sites is 1. The van der Waals surface area contributed by atoms with E-state index in [1.54, 1.807) is 18.2 Å². The highest BCUT2D eigenvalue weighted by molar-refractivity contribution is 5.95. The monoisotopic (exact) mass is 343 g/mol. The van der Waals surface area contributed by atoms with E-state index in [1.165, 1.54) is 0 Å². The average Bonchev–Trinajstić information content (AvgIpc) is 2.60. The van der Waals surface area contributed by atoms with Crippen molar-refractivity contribution in [1.82, 2.24) is 5.32 Å². The maximum atomic E-state index is 12.1. The lowest BCUT2D eigenvalue weighted by Crippen LogP contribution is -2.30. The fourth-order valence-corrected chi connectivity index (χ4v) is 2.21. The number of nitrogens with one attached hydrogen (secondary N) is 1. The highest BCUT2D eigenvalue weighted by atomic mass is 16.5. The van der Waals surface area contributed by atoms with E-state index in [4.69, 9.17) is 14.2 Å². The van der Waals surface area contributed by atoms with Gasteiger partial charge in [0, 0.05) is 11.6 Å². The molecule has 0 atom stereocenters. The second-order valence-corrected chi connectivity index (χ2v) is 5.73. The zero-order valence-corrected chi connectivity index (χ0v) is 15.0. The fourth-order valence-electron chi connectivity index (χ4n) is 2.21. The Morgan fingerprint density at radius 3 is 2.36 bits per heavy atom. The number of rotatable bonds is 9. The predicted molar refractivity (Wildman–Crippen MR) is 97.6 cm³/mol. The van der Waals surface area contributed by atoms with Crippen LogP contribution in [0.2, 0.25) is 0 Å². The van der Waals surface area contributed by atoms with Crippen molar-refractivity contribution < 1.29 is 19.0 Å². The highest BCUT2D eigenvalue weighted by Gasteiger charge is 2.12. The molecule has 2 aromatic rings. The largest absolute Gasteiger partial charge is 0.490 e. The molecule has 0 bridgehead atoms. The predicted octanol–water partition coefficient (Wildman–Crippen LogP) is 3.68.